The number of hydrogen-bond acceptors (Lipinski definition) is 7. The van der Waals surface area contributed by atoms with Crippen LogP contribution >= 0.6 is 0 Å². The van der Waals surface area contributed by atoms with Gasteiger partial charge in [0.25, 0.3) is 0 Å². The normalized spacial score (nSPS) is 11.9. The lowest BCUT2D eigenvalue weighted by Crippen LogP contribution is -2.00. The Morgan fingerprint density at radius 2 is 0.788 bits per heavy atom. The topological polar surface area (TPSA) is 122 Å². The minimum absolute atomic E-state index is 0.389. The summed E-state index contributed by atoms with van der Waals surface area (Å²) in [5, 5.41) is 0. The number of benzene rings is 1. The van der Waals surface area contributed by atoms with Crippen molar-refractivity contribution in [2.45, 2.75) is 0 Å². The molecular formula is C43H29N7O2. The fourth-order valence-electron chi connectivity index (χ4n) is 6.87. The van der Waals surface area contributed by atoms with Crippen molar-refractivity contribution in [1.82, 2.24) is 34.9 Å². The highest BCUT2D eigenvalue weighted by molar-refractivity contribution is 6.00. The van der Waals surface area contributed by atoms with Crippen LogP contribution < -0.4 is 0 Å². The lowest BCUT2D eigenvalue weighted by atomic mass is 10.0. The largest absolute Gasteiger partial charge is 0.465 e. The molecule has 0 fully saturated rings. The molecule has 0 spiro atoms. The van der Waals surface area contributed by atoms with Crippen LogP contribution in [0.15, 0.2) is 122 Å². The number of aromatic amines is 2. The van der Waals surface area contributed by atoms with Crippen molar-refractivity contribution in [1.29, 1.82) is 0 Å². The zero-order valence-corrected chi connectivity index (χ0v) is 27.9. The summed E-state index contributed by atoms with van der Waals surface area (Å²) in [4.78, 5) is 43.2. The molecule has 0 atom stereocenters. The van der Waals surface area contributed by atoms with E-state index in [1.165, 1.54) is 7.11 Å². The molecule has 0 saturated carbocycles. The maximum atomic E-state index is 12.3. The molecule has 52 heavy (non-hydrogen) atoms. The molecule has 0 amide bonds. The van der Waals surface area contributed by atoms with Crippen LogP contribution in [0.5, 0.6) is 0 Å². The summed E-state index contributed by atoms with van der Waals surface area (Å²) in [7, 11) is 1.38. The molecule has 248 valence electrons. The first-order chi connectivity index (χ1) is 25.6. The van der Waals surface area contributed by atoms with Crippen molar-refractivity contribution in [2.24, 2.45) is 0 Å². The van der Waals surface area contributed by atoms with Gasteiger partial charge >= 0.3 is 5.97 Å². The van der Waals surface area contributed by atoms with E-state index in [1.54, 1.807) is 49.3 Å². The van der Waals surface area contributed by atoms with Crippen LogP contribution in [0, 0.1) is 0 Å². The number of fused-ring (bicyclic) bond motifs is 8. The number of H-pyrrole nitrogens is 2. The molecule has 9 heteroatoms. The van der Waals surface area contributed by atoms with E-state index in [4.69, 9.17) is 14.7 Å². The fraction of sp³-hybridized carbons (Fsp3) is 0.0233. The molecule has 7 aromatic rings. The number of methoxy groups -OCH3 is 1. The number of hydrogen-bond donors (Lipinski definition) is 2. The van der Waals surface area contributed by atoms with Gasteiger partial charge in [0.1, 0.15) is 0 Å². The Bertz CT molecular complexity index is 2580. The van der Waals surface area contributed by atoms with Gasteiger partial charge in [0, 0.05) is 81.5 Å². The number of esters is 1. The van der Waals surface area contributed by atoms with Crippen LogP contribution in [0.2, 0.25) is 0 Å². The molecule has 2 N–H and O–H groups in total. The minimum atomic E-state index is -0.389. The number of rotatable bonds is 5. The Labute approximate surface area is 298 Å². The molecule has 9 rings (SSSR count). The molecule has 8 heterocycles. The lowest BCUT2D eigenvalue weighted by molar-refractivity contribution is 0.0600. The summed E-state index contributed by atoms with van der Waals surface area (Å²) in [6.45, 7) is 0. The zero-order valence-electron chi connectivity index (χ0n) is 27.9. The quantitative estimate of drug-likeness (QED) is 0.174. The molecule has 6 aromatic heterocycles. The average molecular weight is 676 g/mol. The maximum absolute atomic E-state index is 12.3. The van der Waals surface area contributed by atoms with Crippen LogP contribution in [0.4, 0.5) is 0 Å². The molecule has 2 aliphatic heterocycles. The summed E-state index contributed by atoms with van der Waals surface area (Å²) in [6.07, 6.45) is 18.9. The van der Waals surface area contributed by atoms with E-state index < -0.39 is 0 Å². The summed E-state index contributed by atoms with van der Waals surface area (Å²) in [5.74, 6) is -0.389. The van der Waals surface area contributed by atoms with Gasteiger partial charge in [-0.3, -0.25) is 15.0 Å². The molecule has 1 aromatic carbocycles. The maximum Gasteiger partial charge on any atom is 0.337 e. The van der Waals surface area contributed by atoms with Crippen LogP contribution in [-0.2, 0) is 4.74 Å². The van der Waals surface area contributed by atoms with Crippen LogP contribution in [-0.4, -0.2) is 48.0 Å². The van der Waals surface area contributed by atoms with Crippen molar-refractivity contribution in [3.05, 3.63) is 150 Å². The van der Waals surface area contributed by atoms with E-state index >= 15 is 0 Å². The Kier molecular flexibility index (Phi) is 7.63. The van der Waals surface area contributed by atoms with E-state index in [2.05, 4.69) is 61.3 Å². The summed E-state index contributed by atoms with van der Waals surface area (Å²) in [5.41, 5.74) is 14.7. The van der Waals surface area contributed by atoms with E-state index in [9.17, 15) is 4.79 Å². The Balaban J connectivity index is 1.45. The van der Waals surface area contributed by atoms with Crippen LogP contribution in [0.1, 0.15) is 33.1 Å². The third-order valence-electron chi connectivity index (χ3n) is 9.26. The van der Waals surface area contributed by atoms with Gasteiger partial charge in [-0.1, -0.05) is 12.1 Å². The van der Waals surface area contributed by atoms with E-state index in [0.29, 0.717) is 5.56 Å². The number of aromatic nitrogens is 7. The van der Waals surface area contributed by atoms with Crippen molar-refractivity contribution in [3.8, 4) is 44.5 Å². The molecule has 9 nitrogen and oxygen atoms in total. The van der Waals surface area contributed by atoms with E-state index in [-0.39, 0.29) is 5.97 Å². The SMILES string of the molecule is COC(=O)c1ccc(-c2c3ccc([nH]3)c(-c3ccncc3)c3nc(c(-c4ccncc4)c4nc(c(-c5ccncc5)c5ccc2[nH]5)C=C4)C=C3)cc1. The summed E-state index contributed by atoms with van der Waals surface area (Å²) >= 11 is 0. The number of pyridine rings is 3. The average Bonchev–Trinajstić information content (AvgIpc) is 4.04. The Hall–Kier alpha value is -7.26. The Morgan fingerprint density at radius 1 is 0.442 bits per heavy atom. The molecule has 0 saturated heterocycles. The minimum Gasteiger partial charge on any atom is -0.465 e. The van der Waals surface area contributed by atoms with Gasteiger partial charge in [-0.05, 0) is 119 Å². The standard InChI is InChI=1S/C43H29N7O2/c1-52-43(51)30-4-2-26(3-5-30)39-31-6-8-33(47-31)40(27-14-20-44-21-15-27)35-10-12-37(49-35)42(29-18-24-46-25-19-29)38-13-11-36(50-38)41(28-16-22-45-23-17-28)34-9-7-32(39)48-34/h2-25,47-48H,1H3. The summed E-state index contributed by atoms with van der Waals surface area (Å²) < 4.78 is 4.98. The van der Waals surface area contributed by atoms with Gasteiger partial charge in [-0.15, -0.1) is 0 Å². The second kappa shape index (κ2) is 12.9. The van der Waals surface area contributed by atoms with Crippen molar-refractivity contribution < 1.29 is 9.53 Å². The zero-order chi connectivity index (χ0) is 35.0. The predicted molar refractivity (Wildman–Crippen MR) is 205 cm³/mol. The van der Waals surface area contributed by atoms with Gasteiger partial charge in [-0.2, -0.15) is 0 Å². The van der Waals surface area contributed by atoms with E-state index in [1.807, 2.05) is 60.7 Å². The van der Waals surface area contributed by atoms with Crippen molar-refractivity contribution in [2.75, 3.05) is 7.11 Å². The van der Waals surface area contributed by atoms with Gasteiger partial charge in [0.2, 0.25) is 0 Å². The lowest BCUT2D eigenvalue weighted by Gasteiger charge is -2.07. The first kappa shape index (κ1) is 30.8. The van der Waals surface area contributed by atoms with Crippen LogP contribution in [0.25, 0.3) is 90.9 Å². The number of nitrogens with one attached hydrogen (secondary N) is 2. The number of carbonyl (C=O) groups excluding carboxylic acids is 1. The highest BCUT2D eigenvalue weighted by Crippen LogP contribution is 2.38. The number of carbonyl (C=O) groups is 1. The first-order valence-corrected chi connectivity index (χ1v) is 16.7. The van der Waals surface area contributed by atoms with Crippen LogP contribution in [0.3, 0.4) is 0 Å². The van der Waals surface area contributed by atoms with Crippen molar-refractivity contribution >= 4 is 52.3 Å². The second-order valence-corrected chi connectivity index (χ2v) is 12.3. The highest BCUT2D eigenvalue weighted by atomic mass is 16.5. The molecule has 0 unspecified atom stereocenters. The third kappa shape index (κ3) is 5.46. The first-order valence-electron chi connectivity index (χ1n) is 16.7. The molecule has 0 radical (unpaired) electrons. The van der Waals surface area contributed by atoms with Crippen molar-refractivity contribution in [3.63, 3.8) is 0 Å². The Morgan fingerprint density at radius 3 is 1.19 bits per heavy atom. The summed E-state index contributed by atoms with van der Waals surface area (Å²) in [6, 6.07) is 27.7. The molecule has 8 bridgehead atoms. The smallest absolute Gasteiger partial charge is 0.337 e. The van der Waals surface area contributed by atoms with E-state index in [0.717, 1.165) is 89.4 Å². The van der Waals surface area contributed by atoms with Gasteiger partial charge < -0.3 is 14.7 Å². The molecular weight excluding hydrogens is 647 g/mol. The monoisotopic (exact) mass is 675 g/mol. The fourth-order valence-corrected chi connectivity index (χ4v) is 6.87. The molecule has 0 aliphatic carbocycles. The predicted octanol–water partition coefficient (Wildman–Crippen LogP) is 9.30. The van der Waals surface area contributed by atoms with Gasteiger partial charge in [0.05, 0.1) is 35.4 Å². The third-order valence-corrected chi connectivity index (χ3v) is 9.26. The molecule has 2 aliphatic rings. The number of ether oxygens (including phenoxy) is 1. The van der Waals surface area contributed by atoms with Gasteiger partial charge in [-0.25, -0.2) is 14.8 Å². The second-order valence-electron chi connectivity index (χ2n) is 12.3. The number of nitrogens with zero attached hydrogens (tertiary/aromatic N) is 5. The highest BCUT2D eigenvalue weighted by Gasteiger charge is 2.19. The van der Waals surface area contributed by atoms with Gasteiger partial charge in [0.15, 0.2) is 0 Å².